The lowest BCUT2D eigenvalue weighted by atomic mass is 9.95. The third-order valence-electron chi connectivity index (χ3n) is 1.47. The Balaban J connectivity index is 3.85. The Morgan fingerprint density at radius 3 is 2.22 bits per heavy atom. The molecule has 0 fully saturated rings. The van der Waals surface area contributed by atoms with Crippen molar-refractivity contribution in [3.05, 3.63) is 0 Å². The minimum atomic E-state index is -0.714. The minimum absolute atomic E-state index is 0.00653. The molecule has 0 aliphatic carbocycles. The molecule has 0 aliphatic rings. The zero-order valence-corrected chi connectivity index (χ0v) is 5.98. The predicted molar refractivity (Wildman–Crippen MR) is 36.9 cm³/mol. The SMILES string of the molecule is CC(=O)[C@](C)(N)CCN. The molecule has 0 aromatic rings. The van der Waals surface area contributed by atoms with Crippen LogP contribution in [0.5, 0.6) is 0 Å². The molecule has 3 heteroatoms. The van der Waals surface area contributed by atoms with Gasteiger partial charge in [-0.2, -0.15) is 0 Å². The van der Waals surface area contributed by atoms with E-state index in [0.717, 1.165) is 0 Å². The van der Waals surface area contributed by atoms with Gasteiger partial charge in [0, 0.05) is 0 Å². The Labute approximate surface area is 55.4 Å². The van der Waals surface area contributed by atoms with Crippen LogP contribution in [0.4, 0.5) is 0 Å². The predicted octanol–water partition coefficient (Wildman–Crippen LogP) is -0.358. The number of hydrogen-bond donors (Lipinski definition) is 2. The standard InChI is InChI=1S/C6H14N2O/c1-5(9)6(2,8)3-4-7/h3-4,7-8H2,1-2H3/t6-/m1/s1. The van der Waals surface area contributed by atoms with E-state index < -0.39 is 5.54 Å². The first kappa shape index (κ1) is 8.59. The fourth-order valence-corrected chi connectivity index (χ4v) is 0.476. The molecule has 3 nitrogen and oxygen atoms in total. The van der Waals surface area contributed by atoms with Gasteiger partial charge in [0.05, 0.1) is 5.54 Å². The van der Waals surface area contributed by atoms with Crippen molar-refractivity contribution in [1.82, 2.24) is 0 Å². The van der Waals surface area contributed by atoms with Gasteiger partial charge in [-0.15, -0.1) is 0 Å². The van der Waals surface area contributed by atoms with E-state index in [1.807, 2.05) is 0 Å². The Morgan fingerprint density at radius 1 is 1.67 bits per heavy atom. The van der Waals surface area contributed by atoms with Crippen LogP contribution in [0.3, 0.4) is 0 Å². The van der Waals surface area contributed by atoms with Crippen LogP contribution in [0.15, 0.2) is 0 Å². The van der Waals surface area contributed by atoms with Crippen LogP contribution < -0.4 is 11.5 Å². The average molecular weight is 130 g/mol. The Kier molecular flexibility index (Phi) is 2.81. The normalized spacial score (nSPS) is 16.9. The fourth-order valence-electron chi connectivity index (χ4n) is 0.476. The van der Waals surface area contributed by atoms with Gasteiger partial charge in [-0.3, -0.25) is 4.79 Å². The molecule has 0 radical (unpaired) electrons. The van der Waals surface area contributed by atoms with E-state index in [-0.39, 0.29) is 5.78 Å². The highest BCUT2D eigenvalue weighted by molar-refractivity contribution is 5.85. The van der Waals surface area contributed by atoms with Crippen molar-refractivity contribution in [2.75, 3.05) is 6.54 Å². The second-order valence-corrected chi connectivity index (χ2v) is 2.51. The highest BCUT2D eigenvalue weighted by atomic mass is 16.1. The number of Topliss-reactive ketones (excluding diaryl/α,β-unsaturated/α-hetero) is 1. The number of carbonyl (C=O) groups excluding carboxylic acids is 1. The second kappa shape index (κ2) is 2.94. The summed E-state index contributed by atoms with van der Waals surface area (Å²) in [5.74, 6) is -0.00653. The highest BCUT2D eigenvalue weighted by Gasteiger charge is 2.22. The maximum atomic E-state index is 10.7. The van der Waals surface area contributed by atoms with Gasteiger partial charge in [-0.1, -0.05) is 0 Å². The zero-order chi connectivity index (χ0) is 7.49. The van der Waals surface area contributed by atoms with Gasteiger partial charge in [0.25, 0.3) is 0 Å². The van der Waals surface area contributed by atoms with E-state index in [0.29, 0.717) is 13.0 Å². The lowest BCUT2D eigenvalue weighted by molar-refractivity contribution is -0.121. The lowest BCUT2D eigenvalue weighted by Crippen LogP contribution is -2.44. The fraction of sp³-hybridized carbons (Fsp3) is 0.833. The topological polar surface area (TPSA) is 69.1 Å². The summed E-state index contributed by atoms with van der Waals surface area (Å²) < 4.78 is 0. The van der Waals surface area contributed by atoms with Gasteiger partial charge in [0.1, 0.15) is 5.78 Å². The molecule has 0 aliphatic heterocycles. The summed E-state index contributed by atoms with van der Waals surface area (Å²) in [7, 11) is 0. The number of carbonyl (C=O) groups is 1. The van der Waals surface area contributed by atoms with E-state index in [1.54, 1.807) is 6.92 Å². The first-order chi connectivity index (χ1) is 4.00. The molecule has 0 bridgehead atoms. The summed E-state index contributed by atoms with van der Waals surface area (Å²) in [5.41, 5.74) is 10.0. The van der Waals surface area contributed by atoms with Gasteiger partial charge in [0.2, 0.25) is 0 Å². The summed E-state index contributed by atoms with van der Waals surface area (Å²) in [6, 6.07) is 0. The minimum Gasteiger partial charge on any atom is -0.330 e. The molecule has 0 heterocycles. The Bertz CT molecular complexity index is 110. The summed E-state index contributed by atoms with van der Waals surface area (Å²) in [4.78, 5) is 10.7. The van der Waals surface area contributed by atoms with Gasteiger partial charge in [-0.05, 0) is 26.8 Å². The third kappa shape index (κ3) is 2.58. The van der Waals surface area contributed by atoms with Crippen molar-refractivity contribution >= 4 is 5.78 Å². The summed E-state index contributed by atoms with van der Waals surface area (Å²) >= 11 is 0. The largest absolute Gasteiger partial charge is 0.330 e. The van der Waals surface area contributed by atoms with E-state index in [4.69, 9.17) is 11.5 Å². The van der Waals surface area contributed by atoms with E-state index in [2.05, 4.69) is 0 Å². The molecular formula is C6H14N2O. The number of nitrogens with two attached hydrogens (primary N) is 2. The van der Waals surface area contributed by atoms with E-state index >= 15 is 0 Å². The van der Waals surface area contributed by atoms with Crippen LogP contribution >= 0.6 is 0 Å². The molecule has 0 amide bonds. The van der Waals surface area contributed by atoms with Gasteiger partial charge < -0.3 is 11.5 Å². The van der Waals surface area contributed by atoms with Crippen molar-refractivity contribution in [3.63, 3.8) is 0 Å². The smallest absolute Gasteiger partial charge is 0.149 e. The number of rotatable bonds is 3. The zero-order valence-electron chi connectivity index (χ0n) is 5.98. The van der Waals surface area contributed by atoms with E-state index in [1.165, 1.54) is 6.92 Å². The summed E-state index contributed by atoms with van der Waals surface area (Å²) in [6.07, 6.45) is 0.558. The molecular weight excluding hydrogens is 116 g/mol. The van der Waals surface area contributed by atoms with Crippen LogP contribution in [-0.2, 0) is 4.79 Å². The molecule has 54 valence electrons. The van der Waals surface area contributed by atoms with Crippen molar-refractivity contribution in [2.45, 2.75) is 25.8 Å². The van der Waals surface area contributed by atoms with Crippen LogP contribution in [0.1, 0.15) is 20.3 Å². The van der Waals surface area contributed by atoms with Gasteiger partial charge in [0.15, 0.2) is 0 Å². The summed E-state index contributed by atoms with van der Waals surface area (Å²) in [6.45, 7) is 3.64. The second-order valence-electron chi connectivity index (χ2n) is 2.51. The van der Waals surface area contributed by atoms with E-state index in [9.17, 15) is 4.79 Å². The number of hydrogen-bond acceptors (Lipinski definition) is 3. The molecule has 4 N–H and O–H groups in total. The Morgan fingerprint density at radius 2 is 2.11 bits per heavy atom. The Hall–Kier alpha value is -0.410. The molecule has 0 aromatic carbocycles. The molecule has 9 heavy (non-hydrogen) atoms. The first-order valence-corrected chi connectivity index (χ1v) is 3.00. The maximum Gasteiger partial charge on any atom is 0.149 e. The average Bonchev–Trinajstić information content (AvgIpc) is 1.65. The molecule has 1 atom stereocenters. The molecule has 0 unspecified atom stereocenters. The molecule has 0 spiro atoms. The van der Waals surface area contributed by atoms with Crippen molar-refractivity contribution in [2.24, 2.45) is 11.5 Å². The monoisotopic (exact) mass is 130 g/mol. The maximum absolute atomic E-state index is 10.7. The van der Waals surface area contributed by atoms with Crippen LogP contribution in [-0.4, -0.2) is 17.9 Å². The van der Waals surface area contributed by atoms with Crippen LogP contribution in [0, 0.1) is 0 Å². The first-order valence-electron chi connectivity index (χ1n) is 3.00. The molecule has 0 aromatic heterocycles. The summed E-state index contributed by atoms with van der Waals surface area (Å²) in [5, 5.41) is 0. The van der Waals surface area contributed by atoms with Crippen LogP contribution in [0.25, 0.3) is 0 Å². The quantitative estimate of drug-likeness (QED) is 0.548. The van der Waals surface area contributed by atoms with Crippen molar-refractivity contribution < 1.29 is 4.79 Å². The van der Waals surface area contributed by atoms with Crippen LogP contribution in [0.2, 0.25) is 0 Å². The molecule has 0 saturated heterocycles. The molecule has 0 rings (SSSR count). The van der Waals surface area contributed by atoms with Crippen molar-refractivity contribution in [3.8, 4) is 0 Å². The van der Waals surface area contributed by atoms with Gasteiger partial charge >= 0.3 is 0 Å². The highest BCUT2D eigenvalue weighted by Crippen LogP contribution is 2.04. The van der Waals surface area contributed by atoms with Crippen molar-refractivity contribution in [1.29, 1.82) is 0 Å². The number of ketones is 1. The lowest BCUT2D eigenvalue weighted by Gasteiger charge is -2.19. The molecule has 0 saturated carbocycles. The third-order valence-corrected chi connectivity index (χ3v) is 1.47. The van der Waals surface area contributed by atoms with Gasteiger partial charge in [-0.25, -0.2) is 0 Å².